The summed E-state index contributed by atoms with van der Waals surface area (Å²) in [7, 11) is -7.22. The van der Waals surface area contributed by atoms with E-state index in [0.29, 0.717) is 5.92 Å². The molecule has 3 rings (SSSR count). The Morgan fingerprint density at radius 3 is 1.89 bits per heavy atom. The Bertz CT molecular complexity index is 1020. The smallest absolute Gasteiger partial charge is 0.207 e. The van der Waals surface area contributed by atoms with Crippen LogP contribution < -0.4 is 0 Å². The summed E-state index contributed by atoms with van der Waals surface area (Å²) in [5.41, 5.74) is 1.10. The van der Waals surface area contributed by atoms with Gasteiger partial charge in [-0.15, -0.1) is 11.3 Å². The van der Waals surface area contributed by atoms with Crippen LogP contribution in [0.3, 0.4) is 0 Å². The first kappa shape index (κ1) is 21.9. The molecule has 0 saturated carbocycles. The minimum Gasteiger partial charge on any atom is -0.207 e. The van der Waals surface area contributed by atoms with Crippen molar-refractivity contribution < 1.29 is 16.8 Å². The van der Waals surface area contributed by atoms with E-state index in [9.17, 15) is 16.8 Å². The summed E-state index contributed by atoms with van der Waals surface area (Å²) in [6, 6.07) is 10.2. The molecule has 0 spiro atoms. The van der Waals surface area contributed by atoms with Gasteiger partial charge in [-0.3, -0.25) is 0 Å². The second kappa shape index (κ2) is 8.53. The van der Waals surface area contributed by atoms with E-state index in [1.54, 1.807) is 24.3 Å². The van der Waals surface area contributed by atoms with E-state index in [1.807, 2.05) is 12.1 Å². The van der Waals surface area contributed by atoms with E-state index in [0.717, 1.165) is 27.1 Å². The van der Waals surface area contributed by atoms with Crippen molar-refractivity contribution in [2.45, 2.75) is 29.4 Å². The summed E-state index contributed by atoms with van der Waals surface area (Å²) < 4.78 is 54.9. The molecule has 1 fully saturated rings. The Hall–Kier alpha value is -0.780. The number of nitrogens with zero attached hydrogens (tertiary/aromatic N) is 2. The molecule has 0 atom stereocenters. The van der Waals surface area contributed by atoms with E-state index in [4.69, 9.17) is 0 Å². The van der Waals surface area contributed by atoms with Crippen molar-refractivity contribution in [2.75, 3.05) is 26.2 Å². The van der Waals surface area contributed by atoms with Crippen LogP contribution in [0.4, 0.5) is 0 Å². The van der Waals surface area contributed by atoms with Gasteiger partial charge in [0.15, 0.2) is 0 Å². The lowest BCUT2D eigenvalue weighted by atomic mass is 10.0. The highest BCUT2D eigenvalue weighted by Gasteiger charge is 2.34. The molecule has 1 aliphatic heterocycles. The summed E-state index contributed by atoms with van der Waals surface area (Å²) in [4.78, 5) is 0.249. The molecular weight excluding hydrogens is 484 g/mol. The van der Waals surface area contributed by atoms with E-state index in [2.05, 4.69) is 29.8 Å². The van der Waals surface area contributed by atoms with Gasteiger partial charge in [0, 0.05) is 26.2 Å². The first-order valence-electron chi connectivity index (χ1n) is 8.95. The number of halogens is 1. The Kier molecular flexibility index (Phi) is 6.68. The standard InChI is InChI=1S/C18H23BrN2O4S3/c1-14(2)13-15-3-5-16(6-4-15)27(22,23)20-9-11-21(12-10-20)28(24,25)18-8-7-17(19)26-18/h3-8,14H,9-13H2,1-2H3. The van der Waals surface area contributed by atoms with Gasteiger partial charge >= 0.3 is 0 Å². The van der Waals surface area contributed by atoms with Crippen molar-refractivity contribution in [3.8, 4) is 0 Å². The molecule has 0 unspecified atom stereocenters. The molecule has 2 aromatic rings. The molecule has 0 N–H and O–H groups in total. The predicted octanol–water partition coefficient (Wildman–Crippen LogP) is 3.40. The summed E-state index contributed by atoms with van der Waals surface area (Å²) >= 11 is 4.43. The first-order chi connectivity index (χ1) is 13.1. The molecule has 0 radical (unpaired) electrons. The molecule has 1 aliphatic rings. The van der Waals surface area contributed by atoms with Gasteiger partial charge in [0.05, 0.1) is 8.68 Å². The third-order valence-electron chi connectivity index (χ3n) is 4.55. The average Bonchev–Trinajstić information content (AvgIpc) is 3.09. The second-order valence-corrected chi connectivity index (χ2v) is 13.7. The quantitative estimate of drug-likeness (QED) is 0.601. The number of piperazine rings is 1. The van der Waals surface area contributed by atoms with Crippen molar-refractivity contribution in [3.05, 3.63) is 45.7 Å². The van der Waals surface area contributed by atoms with Crippen LogP contribution in [0.25, 0.3) is 0 Å². The number of hydrogen-bond donors (Lipinski definition) is 0. The van der Waals surface area contributed by atoms with Crippen LogP contribution in [-0.2, 0) is 26.5 Å². The fraction of sp³-hybridized carbons (Fsp3) is 0.444. The topological polar surface area (TPSA) is 74.8 Å². The molecule has 1 aromatic carbocycles. The van der Waals surface area contributed by atoms with Gasteiger partial charge in [0.25, 0.3) is 10.0 Å². The molecular formula is C18H23BrN2O4S3. The Balaban J connectivity index is 1.70. The number of thiophene rings is 1. The molecule has 10 heteroatoms. The molecule has 28 heavy (non-hydrogen) atoms. The maximum Gasteiger partial charge on any atom is 0.252 e. The van der Waals surface area contributed by atoms with Gasteiger partial charge in [0.1, 0.15) is 4.21 Å². The molecule has 6 nitrogen and oxygen atoms in total. The maximum atomic E-state index is 12.9. The number of hydrogen-bond acceptors (Lipinski definition) is 5. The minimum absolute atomic E-state index is 0.141. The Morgan fingerprint density at radius 2 is 1.43 bits per heavy atom. The normalized spacial score (nSPS) is 17.3. The van der Waals surface area contributed by atoms with E-state index >= 15 is 0 Å². The summed E-state index contributed by atoms with van der Waals surface area (Å²) in [5, 5.41) is 0. The lowest BCUT2D eigenvalue weighted by Gasteiger charge is -2.33. The zero-order valence-corrected chi connectivity index (χ0v) is 19.7. The molecule has 1 aromatic heterocycles. The minimum atomic E-state index is -3.63. The van der Waals surface area contributed by atoms with Gasteiger partial charge in [-0.2, -0.15) is 8.61 Å². The van der Waals surface area contributed by atoms with Gasteiger partial charge in [-0.05, 0) is 58.1 Å². The number of sulfonamides is 2. The van der Waals surface area contributed by atoms with Crippen LogP contribution >= 0.6 is 27.3 Å². The number of rotatable bonds is 6. The third-order valence-corrected chi connectivity index (χ3v) is 10.4. The van der Waals surface area contributed by atoms with Crippen molar-refractivity contribution in [1.29, 1.82) is 0 Å². The Morgan fingerprint density at radius 1 is 0.893 bits per heavy atom. The van der Waals surface area contributed by atoms with Gasteiger partial charge < -0.3 is 0 Å². The molecule has 0 amide bonds. The number of benzene rings is 1. The van der Waals surface area contributed by atoms with Crippen molar-refractivity contribution in [1.82, 2.24) is 8.61 Å². The summed E-state index contributed by atoms with van der Waals surface area (Å²) in [5.74, 6) is 0.501. The van der Waals surface area contributed by atoms with Gasteiger partial charge in [-0.25, -0.2) is 16.8 Å². The van der Waals surface area contributed by atoms with Crippen molar-refractivity contribution >= 4 is 47.3 Å². The van der Waals surface area contributed by atoms with E-state index < -0.39 is 20.0 Å². The van der Waals surface area contributed by atoms with E-state index in [1.165, 1.54) is 8.61 Å². The van der Waals surface area contributed by atoms with Gasteiger partial charge in [-0.1, -0.05) is 26.0 Å². The largest absolute Gasteiger partial charge is 0.252 e. The fourth-order valence-corrected chi connectivity index (χ4v) is 8.14. The highest BCUT2D eigenvalue weighted by molar-refractivity contribution is 9.11. The van der Waals surface area contributed by atoms with Crippen LogP contribution in [0.15, 0.2) is 49.3 Å². The third kappa shape index (κ3) is 4.68. The lowest BCUT2D eigenvalue weighted by molar-refractivity contribution is 0.273. The fourth-order valence-electron chi connectivity index (χ4n) is 3.13. The zero-order chi connectivity index (χ0) is 20.5. The highest BCUT2D eigenvalue weighted by Crippen LogP contribution is 2.29. The molecule has 1 saturated heterocycles. The molecule has 0 bridgehead atoms. The molecule has 154 valence electrons. The van der Waals surface area contributed by atoms with Crippen LogP contribution in [-0.4, -0.2) is 51.6 Å². The summed E-state index contributed by atoms with van der Waals surface area (Å²) in [6.07, 6.45) is 0.899. The SMILES string of the molecule is CC(C)Cc1ccc(S(=O)(=O)N2CCN(S(=O)(=O)c3ccc(Br)s3)CC2)cc1. The summed E-state index contributed by atoms with van der Waals surface area (Å²) in [6.45, 7) is 4.80. The molecule has 2 heterocycles. The highest BCUT2D eigenvalue weighted by atomic mass is 79.9. The first-order valence-corrected chi connectivity index (χ1v) is 13.4. The second-order valence-electron chi connectivity index (χ2n) is 7.11. The zero-order valence-electron chi connectivity index (χ0n) is 15.7. The van der Waals surface area contributed by atoms with Gasteiger partial charge in [0.2, 0.25) is 10.0 Å². The van der Waals surface area contributed by atoms with Crippen LogP contribution in [0.1, 0.15) is 19.4 Å². The Labute approximate surface area is 179 Å². The van der Waals surface area contributed by atoms with Crippen molar-refractivity contribution in [3.63, 3.8) is 0 Å². The lowest BCUT2D eigenvalue weighted by Crippen LogP contribution is -2.50. The monoisotopic (exact) mass is 506 g/mol. The average molecular weight is 507 g/mol. The van der Waals surface area contributed by atoms with Crippen LogP contribution in [0, 0.1) is 5.92 Å². The molecule has 0 aliphatic carbocycles. The predicted molar refractivity (Wildman–Crippen MR) is 115 cm³/mol. The maximum absolute atomic E-state index is 12.9. The van der Waals surface area contributed by atoms with E-state index in [-0.39, 0.29) is 35.3 Å². The van der Waals surface area contributed by atoms with Crippen LogP contribution in [0.2, 0.25) is 0 Å². The van der Waals surface area contributed by atoms with Crippen LogP contribution in [0.5, 0.6) is 0 Å². The van der Waals surface area contributed by atoms with Crippen molar-refractivity contribution in [2.24, 2.45) is 5.92 Å².